The zero-order valence-corrected chi connectivity index (χ0v) is 13.6. The number of nitrogens with one attached hydrogen (secondary N) is 1. The molecule has 1 heterocycles. The van der Waals surface area contributed by atoms with Gasteiger partial charge in [-0.25, -0.2) is 4.39 Å². The van der Waals surface area contributed by atoms with Gasteiger partial charge in [0.05, 0.1) is 12.3 Å². The Hall–Kier alpha value is -2.82. The van der Waals surface area contributed by atoms with Crippen molar-refractivity contribution >= 4 is 0 Å². The van der Waals surface area contributed by atoms with Gasteiger partial charge in [0.1, 0.15) is 17.3 Å². The van der Waals surface area contributed by atoms with Gasteiger partial charge in [-0.05, 0) is 49.2 Å². The summed E-state index contributed by atoms with van der Waals surface area (Å²) >= 11 is 0. The third-order valence-electron chi connectivity index (χ3n) is 3.99. The largest absolute Gasteiger partial charge is 0.508 e. The molecule has 0 aliphatic carbocycles. The lowest BCUT2D eigenvalue weighted by Crippen LogP contribution is -2.04. The highest BCUT2D eigenvalue weighted by atomic mass is 19.1. The van der Waals surface area contributed by atoms with Crippen LogP contribution in [0.1, 0.15) is 17.0 Å². The van der Waals surface area contributed by atoms with Crippen molar-refractivity contribution in [3.63, 3.8) is 0 Å². The lowest BCUT2D eigenvalue weighted by Gasteiger charge is -2.12. The van der Waals surface area contributed by atoms with Crippen LogP contribution in [0.5, 0.6) is 11.5 Å². The van der Waals surface area contributed by atoms with Crippen LogP contribution >= 0.6 is 0 Å². The van der Waals surface area contributed by atoms with Crippen LogP contribution in [-0.4, -0.2) is 21.9 Å². The van der Waals surface area contributed by atoms with Crippen molar-refractivity contribution in [1.29, 1.82) is 0 Å². The number of benzene rings is 2. The maximum Gasteiger partial charge on any atom is 0.130 e. The van der Waals surface area contributed by atoms with Crippen LogP contribution in [0.15, 0.2) is 42.5 Å². The molecule has 0 radical (unpaired) electrons. The molecule has 0 fully saturated rings. The number of rotatable bonds is 5. The molecule has 0 atom stereocenters. The molecule has 0 saturated carbocycles. The minimum atomic E-state index is -0.357. The van der Waals surface area contributed by atoms with E-state index in [1.54, 1.807) is 24.3 Å². The van der Waals surface area contributed by atoms with E-state index < -0.39 is 0 Å². The van der Waals surface area contributed by atoms with E-state index in [4.69, 9.17) is 4.74 Å². The van der Waals surface area contributed by atoms with Gasteiger partial charge in [-0.2, -0.15) is 5.10 Å². The Morgan fingerprint density at radius 2 is 2.00 bits per heavy atom. The number of aromatic nitrogens is 2. The lowest BCUT2D eigenvalue weighted by atomic mass is 10.0. The second-order valence-corrected chi connectivity index (χ2v) is 5.70. The first-order chi connectivity index (χ1) is 11.5. The second-order valence-electron chi connectivity index (χ2n) is 5.70. The van der Waals surface area contributed by atoms with Crippen LogP contribution in [-0.2, 0) is 6.42 Å². The van der Waals surface area contributed by atoms with Gasteiger partial charge in [-0.15, -0.1) is 0 Å². The SMILES string of the molecule is Cc1n[nH]c(C)c1CCOc1cc(F)ccc1-c1cccc(O)c1. The van der Waals surface area contributed by atoms with E-state index in [0.717, 1.165) is 28.1 Å². The number of phenols is 1. The normalized spacial score (nSPS) is 10.8. The quantitative estimate of drug-likeness (QED) is 0.740. The molecule has 3 rings (SSSR count). The first kappa shape index (κ1) is 16.1. The molecule has 2 aromatic carbocycles. The first-order valence-corrected chi connectivity index (χ1v) is 7.77. The Bertz CT molecular complexity index is 839. The molecule has 0 aliphatic heterocycles. The summed E-state index contributed by atoms with van der Waals surface area (Å²) in [6, 6.07) is 11.2. The molecule has 0 saturated heterocycles. The van der Waals surface area contributed by atoms with E-state index in [-0.39, 0.29) is 11.6 Å². The number of halogens is 1. The third kappa shape index (κ3) is 3.40. The molecule has 124 valence electrons. The average Bonchev–Trinajstić information content (AvgIpc) is 2.87. The molecule has 24 heavy (non-hydrogen) atoms. The number of aromatic hydroxyl groups is 1. The zero-order valence-electron chi connectivity index (χ0n) is 13.6. The van der Waals surface area contributed by atoms with E-state index >= 15 is 0 Å². The summed E-state index contributed by atoms with van der Waals surface area (Å²) in [5.41, 5.74) is 4.60. The summed E-state index contributed by atoms with van der Waals surface area (Å²) in [5.74, 6) is 0.261. The van der Waals surface area contributed by atoms with Gasteiger partial charge in [0.15, 0.2) is 0 Å². The zero-order chi connectivity index (χ0) is 17.1. The molecular weight excluding hydrogens is 307 g/mol. The number of H-pyrrole nitrogens is 1. The number of hydrogen-bond acceptors (Lipinski definition) is 3. The van der Waals surface area contributed by atoms with Gasteiger partial charge in [0.25, 0.3) is 0 Å². The smallest absolute Gasteiger partial charge is 0.130 e. The van der Waals surface area contributed by atoms with Crippen LogP contribution < -0.4 is 4.74 Å². The van der Waals surface area contributed by atoms with E-state index in [1.165, 1.54) is 12.1 Å². The number of aryl methyl sites for hydroxylation is 2. The van der Waals surface area contributed by atoms with Gasteiger partial charge in [-0.1, -0.05) is 12.1 Å². The Kier molecular flexibility index (Phi) is 4.51. The van der Waals surface area contributed by atoms with Crippen LogP contribution in [0.4, 0.5) is 4.39 Å². The predicted molar refractivity (Wildman–Crippen MR) is 90.8 cm³/mol. The molecule has 0 bridgehead atoms. The van der Waals surface area contributed by atoms with Gasteiger partial charge in [0, 0.05) is 23.7 Å². The summed E-state index contributed by atoms with van der Waals surface area (Å²) in [6.45, 7) is 4.32. The number of nitrogens with zero attached hydrogens (tertiary/aromatic N) is 1. The van der Waals surface area contributed by atoms with Gasteiger partial charge < -0.3 is 9.84 Å². The van der Waals surface area contributed by atoms with E-state index in [9.17, 15) is 9.50 Å². The monoisotopic (exact) mass is 326 g/mol. The minimum Gasteiger partial charge on any atom is -0.508 e. The number of ether oxygens (including phenoxy) is 1. The van der Waals surface area contributed by atoms with Gasteiger partial charge in [-0.3, -0.25) is 5.10 Å². The van der Waals surface area contributed by atoms with Crippen molar-refractivity contribution < 1.29 is 14.2 Å². The fourth-order valence-corrected chi connectivity index (χ4v) is 2.73. The highest BCUT2D eigenvalue weighted by Gasteiger charge is 2.11. The Balaban J connectivity index is 1.81. The van der Waals surface area contributed by atoms with Crippen molar-refractivity contribution in [2.75, 3.05) is 6.61 Å². The summed E-state index contributed by atoms with van der Waals surface area (Å²) in [4.78, 5) is 0. The molecule has 5 heteroatoms. The molecule has 3 aromatic rings. The number of hydrogen-bond donors (Lipinski definition) is 2. The Morgan fingerprint density at radius 1 is 1.17 bits per heavy atom. The first-order valence-electron chi connectivity index (χ1n) is 7.77. The predicted octanol–water partition coefficient (Wildman–Crippen LogP) is 4.16. The van der Waals surface area contributed by atoms with Crippen molar-refractivity contribution in [3.05, 3.63) is 65.2 Å². The standard InChI is InChI=1S/C19H19FN2O2/c1-12-17(13(2)22-21-12)8-9-24-19-11-15(20)6-7-18(19)14-4-3-5-16(23)10-14/h3-7,10-11,23H,8-9H2,1-2H3,(H,21,22). The summed E-state index contributed by atoms with van der Waals surface area (Å²) in [7, 11) is 0. The van der Waals surface area contributed by atoms with Gasteiger partial charge >= 0.3 is 0 Å². The molecule has 0 amide bonds. The maximum atomic E-state index is 13.6. The van der Waals surface area contributed by atoms with Crippen LogP contribution in [0.3, 0.4) is 0 Å². The number of aromatic amines is 1. The number of phenolic OH excluding ortho intramolecular Hbond substituents is 1. The molecule has 2 N–H and O–H groups in total. The van der Waals surface area contributed by atoms with Gasteiger partial charge in [0.2, 0.25) is 0 Å². The van der Waals surface area contributed by atoms with Crippen LogP contribution in [0.25, 0.3) is 11.1 Å². The fraction of sp³-hybridized carbons (Fsp3) is 0.211. The highest BCUT2D eigenvalue weighted by molar-refractivity contribution is 5.71. The van der Waals surface area contributed by atoms with Crippen LogP contribution in [0, 0.1) is 19.7 Å². The lowest BCUT2D eigenvalue weighted by molar-refractivity contribution is 0.321. The van der Waals surface area contributed by atoms with E-state index in [0.29, 0.717) is 18.8 Å². The van der Waals surface area contributed by atoms with E-state index in [2.05, 4.69) is 10.2 Å². The van der Waals surface area contributed by atoms with Crippen molar-refractivity contribution in [1.82, 2.24) is 10.2 Å². The summed E-state index contributed by atoms with van der Waals surface area (Å²) < 4.78 is 19.5. The third-order valence-corrected chi connectivity index (χ3v) is 3.99. The molecule has 1 aromatic heterocycles. The summed E-state index contributed by atoms with van der Waals surface area (Å²) in [5, 5.41) is 16.8. The second kappa shape index (κ2) is 6.74. The van der Waals surface area contributed by atoms with Crippen molar-refractivity contribution in [3.8, 4) is 22.6 Å². The molecular formula is C19H19FN2O2. The summed E-state index contributed by atoms with van der Waals surface area (Å²) in [6.07, 6.45) is 0.685. The van der Waals surface area contributed by atoms with E-state index in [1.807, 2.05) is 19.9 Å². The topological polar surface area (TPSA) is 58.1 Å². The van der Waals surface area contributed by atoms with Crippen molar-refractivity contribution in [2.24, 2.45) is 0 Å². The molecule has 0 spiro atoms. The van der Waals surface area contributed by atoms with Crippen LogP contribution in [0.2, 0.25) is 0 Å². The minimum absolute atomic E-state index is 0.160. The maximum absolute atomic E-state index is 13.6. The highest BCUT2D eigenvalue weighted by Crippen LogP contribution is 2.32. The fourth-order valence-electron chi connectivity index (χ4n) is 2.73. The van der Waals surface area contributed by atoms with Crippen molar-refractivity contribution in [2.45, 2.75) is 20.3 Å². The molecule has 4 nitrogen and oxygen atoms in total. The Labute approximate surface area is 139 Å². The molecule has 0 unspecified atom stereocenters. The molecule has 0 aliphatic rings. The Morgan fingerprint density at radius 3 is 2.71 bits per heavy atom. The average molecular weight is 326 g/mol.